The number of hydrogen-bond acceptors (Lipinski definition) is 6. The molecule has 3 atom stereocenters. The lowest BCUT2D eigenvalue weighted by atomic mass is 9.87. The number of rotatable bonds is 4. The fourth-order valence-corrected chi connectivity index (χ4v) is 3.90. The third kappa shape index (κ3) is 3.03. The summed E-state index contributed by atoms with van der Waals surface area (Å²) in [6.45, 7) is 1.84. The van der Waals surface area contributed by atoms with Crippen molar-refractivity contribution in [1.82, 2.24) is 25.1 Å². The Morgan fingerprint density at radius 2 is 2.24 bits per heavy atom. The van der Waals surface area contributed by atoms with Gasteiger partial charge in [0.25, 0.3) is 0 Å². The summed E-state index contributed by atoms with van der Waals surface area (Å²) < 4.78 is 13.3. The molecule has 1 aromatic carbocycles. The van der Waals surface area contributed by atoms with Crippen molar-refractivity contribution in [2.75, 3.05) is 26.8 Å². The van der Waals surface area contributed by atoms with Crippen LogP contribution in [0.1, 0.15) is 17.9 Å². The van der Waals surface area contributed by atoms with Crippen molar-refractivity contribution in [3.05, 3.63) is 42.2 Å². The van der Waals surface area contributed by atoms with Gasteiger partial charge in [-0.3, -0.25) is 4.79 Å². The fourth-order valence-electron chi connectivity index (χ4n) is 3.90. The van der Waals surface area contributed by atoms with Crippen LogP contribution in [0.2, 0.25) is 0 Å². The van der Waals surface area contributed by atoms with Crippen LogP contribution in [-0.4, -0.2) is 69.5 Å². The number of aromatic nitrogens is 4. The van der Waals surface area contributed by atoms with Gasteiger partial charge in [-0.25, -0.2) is 4.68 Å². The lowest BCUT2D eigenvalue weighted by Crippen LogP contribution is -2.42. The zero-order valence-electron chi connectivity index (χ0n) is 14.1. The minimum atomic E-state index is -0.439. The van der Waals surface area contributed by atoms with Gasteiger partial charge in [0.2, 0.25) is 5.91 Å². The Kier molecular flexibility index (Phi) is 4.22. The van der Waals surface area contributed by atoms with E-state index >= 15 is 0 Å². The van der Waals surface area contributed by atoms with Crippen LogP contribution in [0.4, 0.5) is 0 Å². The third-order valence-corrected chi connectivity index (χ3v) is 5.19. The minimum Gasteiger partial charge on any atom is -0.377 e. The van der Waals surface area contributed by atoms with Gasteiger partial charge in [-0.1, -0.05) is 30.3 Å². The lowest BCUT2D eigenvalue weighted by molar-refractivity contribution is -0.132. The van der Waals surface area contributed by atoms with E-state index in [-0.39, 0.29) is 18.6 Å². The molecule has 8 nitrogen and oxygen atoms in total. The summed E-state index contributed by atoms with van der Waals surface area (Å²) in [5, 5.41) is 10.9. The average molecular weight is 343 g/mol. The van der Waals surface area contributed by atoms with Gasteiger partial charge in [-0.2, -0.15) is 0 Å². The molecule has 0 N–H and O–H groups in total. The normalized spacial score (nSPS) is 28.8. The van der Waals surface area contributed by atoms with Crippen LogP contribution in [-0.2, 0) is 20.8 Å². The van der Waals surface area contributed by atoms with Crippen molar-refractivity contribution in [3.63, 3.8) is 0 Å². The molecular formula is C17H21N5O3. The molecule has 8 heteroatoms. The molecule has 0 aliphatic carbocycles. The smallest absolute Gasteiger partial charge is 0.244 e. The number of benzene rings is 1. The summed E-state index contributed by atoms with van der Waals surface area (Å²) in [6, 6.07) is 10.4. The monoisotopic (exact) mass is 343 g/mol. The van der Waals surface area contributed by atoms with Crippen molar-refractivity contribution < 1.29 is 14.3 Å². The SMILES string of the molecule is CO[C@@H]1CN(C(=O)Cn2cnnn2)C[C@]12C[C@@H](c1ccccc1)CO2. The standard InChI is InChI=1S/C17H21N5O3/c1-24-15-8-21(16(23)9-22-12-18-19-20-22)11-17(15)7-14(10-25-17)13-5-3-2-4-6-13/h2-6,12,14-15H,7-11H2,1H3/t14-,15-,17-/m1/s1. The summed E-state index contributed by atoms with van der Waals surface area (Å²) in [5.74, 6) is 0.298. The van der Waals surface area contributed by atoms with Gasteiger partial charge in [-0.05, 0) is 22.4 Å². The van der Waals surface area contributed by atoms with Crippen LogP contribution < -0.4 is 0 Å². The number of hydrogen-bond donors (Lipinski definition) is 0. The number of carbonyl (C=O) groups excluding carboxylic acids is 1. The van der Waals surface area contributed by atoms with E-state index in [1.165, 1.54) is 16.6 Å². The Morgan fingerprint density at radius 3 is 2.96 bits per heavy atom. The van der Waals surface area contributed by atoms with E-state index in [9.17, 15) is 4.79 Å². The molecule has 25 heavy (non-hydrogen) atoms. The second-order valence-corrected chi connectivity index (χ2v) is 6.69. The number of tetrazole rings is 1. The van der Waals surface area contributed by atoms with Gasteiger partial charge in [0.1, 0.15) is 24.6 Å². The first-order valence-corrected chi connectivity index (χ1v) is 8.40. The first kappa shape index (κ1) is 16.2. The molecule has 2 saturated heterocycles. The molecule has 2 aliphatic heterocycles. The maximum atomic E-state index is 12.6. The maximum Gasteiger partial charge on any atom is 0.244 e. The quantitative estimate of drug-likeness (QED) is 0.803. The van der Waals surface area contributed by atoms with Crippen molar-refractivity contribution in [1.29, 1.82) is 0 Å². The van der Waals surface area contributed by atoms with Crippen LogP contribution in [0.25, 0.3) is 0 Å². The van der Waals surface area contributed by atoms with E-state index in [0.717, 1.165) is 6.42 Å². The van der Waals surface area contributed by atoms with Gasteiger partial charge >= 0.3 is 0 Å². The number of ether oxygens (including phenoxy) is 2. The van der Waals surface area contributed by atoms with Gasteiger partial charge in [0.15, 0.2) is 0 Å². The summed E-state index contributed by atoms with van der Waals surface area (Å²) in [4.78, 5) is 14.4. The number of amides is 1. The number of methoxy groups -OCH3 is 1. The molecule has 2 aromatic rings. The summed E-state index contributed by atoms with van der Waals surface area (Å²) in [7, 11) is 1.68. The Balaban J connectivity index is 1.47. The molecule has 1 amide bonds. The molecule has 0 saturated carbocycles. The van der Waals surface area contributed by atoms with Crippen molar-refractivity contribution >= 4 is 5.91 Å². The molecule has 2 aliphatic rings. The zero-order chi connectivity index (χ0) is 17.3. The maximum absolute atomic E-state index is 12.6. The Morgan fingerprint density at radius 1 is 1.40 bits per heavy atom. The number of nitrogens with zero attached hydrogens (tertiary/aromatic N) is 5. The highest BCUT2D eigenvalue weighted by Crippen LogP contribution is 2.43. The van der Waals surface area contributed by atoms with Crippen molar-refractivity contribution in [2.45, 2.75) is 30.6 Å². The zero-order valence-corrected chi connectivity index (χ0v) is 14.1. The van der Waals surface area contributed by atoms with Gasteiger partial charge < -0.3 is 14.4 Å². The Labute approximate surface area is 145 Å². The molecule has 1 aromatic heterocycles. The predicted molar refractivity (Wildman–Crippen MR) is 87.7 cm³/mol. The van der Waals surface area contributed by atoms with Crippen LogP contribution in [0, 0.1) is 0 Å². The largest absolute Gasteiger partial charge is 0.377 e. The second kappa shape index (κ2) is 6.53. The number of likely N-dealkylation sites (tertiary alicyclic amines) is 1. The molecule has 1 spiro atoms. The Hall–Kier alpha value is -2.32. The van der Waals surface area contributed by atoms with Crippen LogP contribution in [0.3, 0.4) is 0 Å². The third-order valence-electron chi connectivity index (χ3n) is 5.19. The summed E-state index contributed by atoms with van der Waals surface area (Å²) in [5.41, 5.74) is 0.832. The van der Waals surface area contributed by atoms with Gasteiger partial charge in [-0.15, -0.1) is 5.10 Å². The van der Waals surface area contributed by atoms with Crippen molar-refractivity contribution in [2.24, 2.45) is 0 Å². The van der Waals surface area contributed by atoms with E-state index < -0.39 is 5.60 Å². The van der Waals surface area contributed by atoms with Crippen LogP contribution >= 0.6 is 0 Å². The molecule has 132 valence electrons. The Bertz CT molecular complexity index is 723. The molecule has 0 bridgehead atoms. The van der Waals surface area contributed by atoms with E-state index in [1.807, 2.05) is 18.2 Å². The van der Waals surface area contributed by atoms with E-state index in [2.05, 4.69) is 27.7 Å². The average Bonchev–Trinajstić information content (AvgIpc) is 3.37. The van der Waals surface area contributed by atoms with Gasteiger partial charge in [0, 0.05) is 19.6 Å². The lowest BCUT2D eigenvalue weighted by Gasteiger charge is -2.28. The molecular weight excluding hydrogens is 322 g/mol. The first-order chi connectivity index (χ1) is 12.2. The van der Waals surface area contributed by atoms with E-state index in [4.69, 9.17) is 9.47 Å². The molecule has 4 rings (SSSR count). The topological polar surface area (TPSA) is 82.4 Å². The second-order valence-electron chi connectivity index (χ2n) is 6.69. The predicted octanol–water partition coefficient (Wildman–Crippen LogP) is 0.473. The molecule has 0 unspecified atom stereocenters. The molecule has 3 heterocycles. The van der Waals surface area contributed by atoms with Crippen LogP contribution in [0.5, 0.6) is 0 Å². The summed E-state index contributed by atoms with van der Waals surface area (Å²) in [6.07, 6.45) is 2.17. The van der Waals surface area contributed by atoms with Crippen LogP contribution in [0.15, 0.2) is 36.7 Å². The van der Waals surface area contributed by atoms with Crippen molar-refractivity contribution in [3.8, 4) is 0 Å². The highest BCUT2D eigenvalue weighted by Gasteiger charge is 2.54. The number of carbonyl (C=O) groups is 1. The van der Waals surface area contributed by atoms with E-state index in [1.54, 1.807) is 12.0 Å². The molecule has 0 radical (unpaired) electrons. The highest BCUT2D eigenvalue weighted by molar-refractivity contribution is 5.76. The highest BCUT2D eigenvalue weighted by atomic mass is 16.6. The first-order valence-electron chi connectivity index (χ1n) is 8.40. The minimum absolute atomic E-state index is 0.0296. The van der Waals surface area contributed by atoms with E-state index in [0.29, 0.717) is 25.6 Å². The summed E-state index contributed by atoms with van der Waals surface area (Å²) >= 11 is 0. The molecule has 2 fully saturated rings. The fraction of sp³-hybridized carbons (Fsp3) is 0.529. The van der Waals surface area contributed by atoms with Gasteiger partial charge in [0.05, 0.1) is 13.2 Å².